The number of allylic oxidation sites excluding steroid dienone is 1. The van der Waals surface area contributed by atoms with E-state index in [1.165, 1.54) is 12.1 Å². The number of fused-ring (bicyclic) bond motifs is 1. The van der Waals surface area contributed by atoms with Crippen molar-refractivity contribution >= 4 is 17.1 Å². The summed E-state index contributed by atoms with van der Waals surface area (Å²) in [5.74, 6) is -0.0447. The highest BCUT2D eigenvalue weighted by molar-refractivity contribution is 5.76. The van der Waals surface area contributed by atoms with E-state index in [4.69, 9.17) is 0 Å². The van der Waals surface area contributed by atoms with E-state index in [0.29, 0.717) is 0 Å². The van der Waals surface area contributed by atoms with Crippen LogP contribution in [0.25, 0.3) is 17.1 Å². The lowest BCUT2D eigenvalue weighted by Crippen LogP contribution is -2.15. The zero-order chi connectivity index (χ0) is 16.7. The first kappa shape index (κ1) is 16.1. The monoisotopic (exact) mass is 312 g/mol. The Morgan fingerprint density at radius 1 is 1.27 bits per heavy atom. The molecule has 118 valence electrons. The van der Waals surface area contributed by atoms with Gasteiger partial charge < -0.3 is 10.1 Å². The first-order chi connectivity index (χ1) is 9.98. The first-order valence-electron chi connectivity index (χ1n) is 6.51. The lowest BCUT2D eigenvalue weighted by atomic mass is 9.93. The van der Waals surface area contributed by atoms with Crippen LogP contribution in [-0.4, -0.2) is 15.1 Å². The van der Waals surface area contributed by atoms with E-state index in [0.717, 1.165) is 12.1 Å². The smallest absolute Gasteiger partial charge is 0.416 e. The number of benzene rings is 1. The Morgan fingerprint density at radius 3 is 2.45 bits per heavy atom. The summed E-state index contributed by atoms with van der Waals surface area (Å²) in [6.07, 6.45) is -3.27. The zero-order valence-corrected chi connectivity index (χ0v) is 12.2. The molecule has 0 bridgehead atoms. The number of nitrogens with one attached hydrogen (secondary N) is 1. The number of H-pyrrole nitrogens is 1. The number of aromatic amines is 1. The minimum Gasteiger partial charge on any atom is -0.512 e. The maximum atomic E-state index is 12.6. The number of rotatable bonds is 1. The molecule has 0 radical (unpaired) electrons. The molecule has 1 aromatic carbocycles. The van der Waals surface area contributed by atoms with E-state index >= 15 is 0 Å². The summed E-state index contributed by atoms with van der Waals surface area (Å²) < 4.78 is 37.9. The van der Waals surface area contributed by atoms with E-state index in [1.807, 2.05) is 0 Å². The molecule has 0 saturated heterocycles. The molecule has 0 aliphatic rings. The molecule has 2 aromatic rings. The number of aliphatic hydroxyl groups excluding tert-OH is 1. The van der Waals surface area contributed by atoms with Crippen LogP contribution >= 0.6 is 0 Å². The summed E-state index contributed by atoms with van der Waals surface area (Å²) >= 11 is 0. The Morgan fingerprint density at radius 2 is 1.91 bits per heavy atom. The van der Waals surface area contributed by atoms with Crippen LogP contribution in [0.15, 0.2) is 28.8 Å². The Hall–Kier alpha value is -2.31. The fraction of sp³-hybridized carbons (Fsp3) is 0.333. The number of alkyl halides is 3. The second-order valence-electron chi connectivity index (χ2n) is 5.96. The lowest BCUT2D eigenvalue weighted by Gasteiger charge is -2.16. The van der Waals surface area contributed by atoms with Gasteiger partial charge in [0.05, 0.1) is 22.4 Å². The molecule has 0 atom stereocenters. The van der Waals surface area contributed by atoms with E-state index in [2.05, 4.69) is 9.97 Å². The van der Waals surface area contributed by atoms with Gasteiger partial charge in [-0.1, -0.05) is 20.8 Å². The van der Waals surface area contributed by atoms with Gasteiger partial charge in [0.1, 0.15) is 5.69 Å². The van der Waals surface area contributed by atoms with Gasteiger partial charge >= 0.3 is 6.18 Å². The Bertz CT molecular complexity index is 799. The molecule has 22 heavy (non-hydrogen) atoms. The average molecular weight is 312 g/mol. The zero-order valence-electron chi connectivity index (χ0n) is 12.2. The van der Waals surface area contributed by atoms with Crippen molar-refractivity contribution in [3.8, 4) is 0 Å². The summed E-state index contributed by atoms with van der Waals surface area (Å²) in [5.41, 5.74) is -1.95. The van der Waals surface area contributed by atoms with Gasteiger partial charge in [0, 0.05) is 11.5 Å². The molecule has 0 saturated carbocycles. The molecular formula is C15H15F3N2O2. The third-order valence-electron chi connectivity index (χ3n) is 3.09. The highest BCUT2D eigenvalue weighted by atomic mass is 19.4. The summed E-state index contributed by atoms with van der Waals surface area (Å²) in [4.78, 5) is 18.3. The second-order valence-corrected chi connectivity index (χ2v) is 5.96. The number of aliphatic hydroxyl groups is 1. The SMILES string of the molecule is CC(C)(C)C(O)=Cc1nc2ccc(C(F)(F)F)cc2[nH]c1=O. The minimum atomic E-state index is -4.49. The summed E-state index contributed by atoms with van der Waals surface area (Å²) in [6, 6.07) is 2.91. The van der Waals surface area contributed by atoms with Crippen molar-refractivity contribution in [2.24, 2.45) is 5.41 Å². The fourth-order valence-electron chi connectivity index (χ4n) is 1.72. The predicted octanol–water partition coefficient (Wildman–Crippen LogP) is 3.89. The maximum absolute atomic E-state index is 12.6. The highest BCUT2D eigenvalue weighted by Gasteiger charge is 2.30. The van der Waals surface area contributed by atoms with Gasteiger partial charge in [-0.25, -0.2) is 4.98 Å². The molecule has 0 unspecified atom stereocenters. The topological polar surface area (TPSA) is 66.0 Å². The number of halogens is 3. The van der Waals surface area contributed by atoms with E-state index in [9.17, 15) is 23.1 Å². The number of hydrogen-bond acceptors (Lipinski definition) is 3. The molecule has 0 aliphatic carbocycles. The van der Waals surface area contributed by atoms with Crippen LogP contribution in [0.4, 0.5) is 13.2 Å². The molecular weight excluding hydrogens is 297 g/mol. The van der Waals surface area contributed by atoms with Gasteiger partial charge in [0.2, 0.25) is 0 Å². The van der Waals surface area contributed by atoms with Gasteiger partial charge in [0.15, 0.2) is 0 Å². The van der Waals surface area contributed by atoms with E-state index in [-0.39, 0.29) is 22.5 Å². The molecule has 0 amide bonds. The number of aromatic nitrogens is 2. The summed E-state index contributed by atoms with van der Waals surface area (Å²) in [7, 11) is 0. The molecule has 4 nitrogen and oxygen atoms in total. The first-order valence-corrected chi connectivity index (χ1v) is 6.51. The molecule has 1 heterocycles. The van der Waals surface area contributed by atoms with Crippen LogP contribution in [0.5, 0.6) is 0 Å². The second kappa shape index (κ2) is 5.15. The van der Waals surface area contributed by atoms with Crippen LogP contribution in [0, 0.1) is 5.41 Å². The Balaban J connectivity index is 2.58. The van der Waals surface area contributed by atoms with Gasteiger partial charge in [0.25, 0.3) is 5.56 Å². The van der Waals surface area contributed by atoms with Crippen LogP contribution < -0.4 is 5.56 Å². The molecule has 1 aromatic heterocycles. The maximum Gasteiger partial charge on any atom is 0.416 e. The van der Waals surface area contributed by atoms with Crippen LogP contribution in [-0.2, 0) is 6.18 Å². The molecule has 7 heteroatoms. The minimum absolute atomic E-state index is 0.00720. The van der Waals surface area contributed by atoms with Gasteiger partial charge in [-0.3, -0.25) is 4.79 Å². The van der Waals surface area contributed by atoms with E-state index in [1.54, 1.807) is 20.8 Å². The van der Waals surface area contributed by atoms with Crippen molar-refractivity contribution in [1.29, 1.82) is 0 Å². The van der Waals surface area contributed by atoms with Crippen molar-refractivity contribution in [2.45, 2.75) is 26.9 Å². The van der Waals surface area contributed by atoms with Crippen LogP contribution in [0.3, 0.4) is 0 Å². The molecule has 0 fully saturated rings. The van der Waals surface area contributed by atoms with Gasteiger partial charge in [-0.2, -0.15) is 13.2 Å². The molecule has 0 aliphatic heterocycles. The fourth-order valence-corrected chi connectivity index (χ4v) is 1.72. The molecule has 0 spiro atoms. The number of nitrogens with zero attached hydrogens (tertiary/aromatic N) is 1. The van der Waals surface area contributed by atoms with Crippen molar-refractivity contribution in [3.63, 3.8) is 0 Å². The van der Waals surface area contributed by atoms with Crippen molar-refractivity contribution in [3.05, 3.63) is 45.6 Å². The number of hydrogen-bond donors (Lipinski definition) is 2. The van der Waals surface area contributed by atoms with Gasteiger partial charge in [-0.05, 0) is 18.2 Å². The quantitative estimate of drug-likeness (QED) is 0.785. The van der Waals surface area contributed by atoms with Crippen molar-refractivity contribution in [2.75, 3.05) is 0 Å². The molecule has 2 N–H and O–H groups in total. The van der Waals surface area contributed by atoms with Crippen molar-refractivity contribution < 1.29 is 18.3 Å². The predicted molar refractivity (Wildman–Crippen MR) is 77.4 cm³/mol. The van der Waals surface area contributed by atoms with Gasteiger partial charge in [-0.15, -0.1) is 0 Å². The third kappa shape index (κ3) is 3.29. The summed E-state index contributed by atoms with van der Waals surface area (Å²) in [5, 5.41) is 9.91. The average Bonchev–Trinajstić information content (AvgIpc) is 2.36. The van der Waals surface area contributed by atoms with Crippen LogP contribution in [0.1, 0.15) is 32.0 Å². The highest BCUT2D eigenvalue weighted by Crippen LogP contribution is 2.30. The molecule has 2 rings (SSSR count). The normalized spacial score (nSPS) is 13.6. The lowest BCUT2D eigenvalue weighted by molar-refractivity contribution is -0.137. The Labute approximate surface area is 124 Å². The van der Waals surface area contributed by atoms with Crippen LogP contribution in [0.2, 0.25) is 0 Å². The van der Waals surface area contributed by atoms with E-state index < -0.39 is 22.7 Å². The standard InChI is InChI=1S/C15H15F3N2O2/c1-14(2,3)12(21)7-11-13(22)20-10-6-8(15(16,17)18)4-5-9(10)19-11/h4-7,21H,1-3H3,(H,20,22). The largest absolute Gasteiger partial charge is 0.512 e. The van der Waals surface area contributed by atoms with Crippen molar-refractivity contribution in [1.82, 2.24) is 9.97 Å². The summed E-state index contributed by atoms with van der Waals surface area (Å²) in [6.45, 7) is 5.26. The third-order valence-corrected chi connectivity index (χ3v) is 3.09. The Kier molecular flexibility index (Phi) is 3.76.